The van der Waals surface area contributed by atoms with Gasteiger partial charge in [0, 0.05) is 13.0 Å². The number of carbonyl (C=O) groups is 1. The summed E-state index contributed by atoms with van der Waals surface area (Å²) in [6, 6.07) is 0. The van der Waals surface area contributed by atoms with E-state index in [4.69, 9.17) is 0 Å². The van der Waals surface area contributed by atoms with Gasteiger partial charge in [-0.25, -0.2) is 0 Å². The lowest BCUT2D eigenvalue weighted by molar-refractivity contribution is -0.122. The highest BCUT2D eigenvalue weighted by Gasteiger charge is 2.20. The molecule has 0 aliphatic carbocycles. The summed E-state index contributed by atoms with van der Waals surface area (Å²) in [6.07, 6.45) is 2.18. The zero-order valence-corrected chi connectivity index (χ0v) is 9.76. The summed E-state index contributed by atoms with van der Waals surface area (Å²) < 4.78 is 0. The molecule has 0 rings (SSSR count). The van der Waals surface area contributed by atoms with E-state index in [1.807, 2.05) is 0 Å². The summed E-state index contributed by atoms with van der Waals surface area (Å²) in [6.45, 7) is 8.18. The maximum Gasteiger partial charge on any atom is 0.219 e. The average molecular weight is 201 g/mol. The minimum atomic E-state index is -0.769. The van der Waals surface area contributed by atoms with Crippen LogP contribution in [0.1, 0.15) is 47.0 Å². The van der Waals surface area contributed by atoms with E-state index < -0.39 is 5.60 Å². The molecule has 0 aliphatic rings. The molecule has 0 fully saturated rings. The molecule has 14 heavy (non-hydrogen) atoms. The van der Waals surface area contributed by atoms with Crippen LogP contribution in [0.3, 0.4) is 0 Å². The van der Waals surface area contributed by atoms with Gasteiger partial charge in [-0.3, -0.25) is 4.79 Å². The van der Waals surface area contributed by atoms with Crippen LogP contribution >= 0.6 is 0 Å². The van der Waals surface area contributed by atoms with E-state index >= 15 is 0 Å². The van der Waals surface area contributed by atoms with E-state index in [1.165, 1.54) is 0 Å². The molecule has 0 aliphatic heterocycles. The molecular formula is C11H23NO2. The number of rotatable bonds is 6. The quantitative estimate of drug-likeness (QED) is 0.687. The Labute approximate surface area is 86.9 Å². The second kappa shape index (κ2) is 6.02. The van der Waals surface area contributed by atoms with Crippen LogP contribution in [0.2, 0.25) is 0 Å². The third-order valence-electron chi connectivity index (χ3n) is 2.25. The van der Waals surface area contributed by atoms with E-state index in [0.717, 1.165) is 12.8 Å². The molecule has 0 saturated carbocycles. The van der Waals surface area contributed by atoms with Gasteiger partial charge in [-0.2, -0.15) is 0 Å². The number of aliphatic hydroxyl groups is 1. The first-order valence-electron chi connectivity index (χ1n) is 5.36. The molecule has 0 aromatic carbocycles. The second-order valence-corrected chi connectivity index (χ2v) is 4.56. The van der Waals surface area contributed by atoms with Gasteiger partial charge in [-0.15, -0.1) is 0 Å². The third-order valence-corrected chi connectivity index (χ3v) is 2.25. The minimum absolute atomic E-state index is 0.00479. The number of nitrogens with one attached hydrogen (secondary N) is 1. The van der Waals surface area contributed by atoms with Crippen molar-refractivity contribution in [2.75, 3.05) is 6.54 Å². The van der Waals surface area contributed by atoms with Crippen LogP contribution < -0.4 is 5.32 Å². The molecule has 0 bridgehead atoms. The van der Waals surface area contributed by atoms with Crippen LogP contribution in [0.15, 0.2) is 0 Å². The number of hydrogen-bond acceptors (Lipinski definition) is 2. The van der Waals surface area contributed by atoms with Crippen molar-refractivity contribution in [2.45, 2.75) is 52.6 Å². The highest BCUT2D eigenvalue weighted by Crippen LogP contribution is 2.15. The van der Waals surface area contributed by atoms with Gasteiger partial charge < -0.3 is 10.4 Å². The molecule has 0 saturated heterocycles. The summed E-state index contributed by atoms with van der Waals surface area (Å²) in [5.41, 5.74) is -0.769. The Bertz CT molecular complexity index is 176. The minimum Gasteiger partial charge on any atom is -0.388 e. The predicted molar refractivity (Wildman–Crippen MR) is 58.0 cm³/mol. The predicted octanol–water partition coefficient (Wildman–Crippen LogP) is 1.70. The number of amides is 1. The molecule has 1 amide bonds. The molecule has 2 N–H and O–H groups in total. The zero-order chi connectivity index (χ0) is 11.2. The van der Waals surface area contributed by atoms with Crippen molar-refractivity contribution in [3.8, 4) is 0 Å². The van der Waals surface area contributed by atoms with Gasteiger partial charge in [0.1, 0.15) is 0 Å². The maximum atomic E-state index is 11.0. The van der Waals surface area contributed by atoms with Crippen LogP contribution in [0.25, 0.3) is 0 Å². The fraction of sp³-hybridized carbons (Fsp3) is 0.909. The summed E-state index contributed by atoms with van der Waals surface area (Å²) in [5, 5.41) is 12.6. The molecule has 0 spiro atoms. The Kier molecular flexibility index (Phi) is 5.77. The van der Waals surface area contributed by atoms with Gasteiger partial charge in [0.25, 0.3) is 0 Å². The molecule has 0 aromatic heterocycles. The molecule has 1 atom stereocenters. The molecule has 1 unspecified atom stereocenters. The van der Waals surface area contributed by atoms with E-state index in [1.54, 1.807) is 13.8 Å². The van der Waals surface area contributed by atoms with E-state index in [2.05, 4.69) is 19.2 Å². The first-order chi connectivity index (χ1) is 6.37. The van der Waals surface area contributed by atoms with Crippen LogP contribution in [0.4, 0.5) is 0 Å². The lowest BCUT2D eigenvalue weighted by Crippen LogP contribution is -2.40. The van der Waals surface area contributed by atoms with Crippen molar-refractivity contribution in [3.63, 3.8) is 0 Å². The van der Waals surface area contributed by atoms with Crippen molar-refractivity contribution in [3.05, 3.63) is 0 Å². The maximum absolute atomic E-state index is 11.0. The fourth-order valence-electron chi connectivity index (χ4n) is 1.10. The van der Waals surface area contributed by atoms with E-state index in [0.29, 0.717) is 18.9 Å². The summed E-state index contributed by atoms with van der Waals surface area (Å²) in [5.74, 6) is 0.582. The first-order valence-corrected chi connectivity index (χ1v) is 5.36. The molecule has 0 aromatic rings. The van der Waals surface area contributed by atoms with Crippen molar-refractivity contribution >= 4 is 5.91 Å². The van der Waals surface area contributed by atoms with Gasteiger partial charge in [0.15, 0.2) is 0 Å². The van der Waals surface area contributed by atoms with Crippen LogP contribution in [-0.4, -0.2) is 23.2 Å². The Hall–Kier alpha value is -0.570. The molecule has 3 nitrogen and oxygen atoms in total. The second-order valence-electron chi connectivity index (χ2n) is 4.56. The molecule has 0 radical (unpaired) electrons. The molecule has 84 valence electrons. The van der Waals surface area contributed by atoms with Gasteiger partial charge in [-0.1, -0.05) is 20.8 Å². The summed E-state index contributed by atoms with van der Waals surface area (Å²) in [4.78, 5) is 11.0. The van der Waals surface area contributed by atoms with E-state index in [9.17, 15) is 9.90 Å². The fourth-order valence-corrected chi connectivity index (χ4v) is 1.10. The van der Waals surface area contributed by atoms with Crippen LogP contribution in [0.5, 0.6) is 0 Å². The van der Waals surface area contributed by atoms with Crippen molar-refractivity contribution in [2.24, 2.45) is 5.92 Å². The molecular weight excluding hydrogens is 178 g/mol. The number of hydrogen-bond donors (Lipinski definition) is 2. The Morgan fingerprint density at radius 2 is 2.07 bits per heavy atom. The normalized spacial score (nSPS) is 15.3. The Morgan fingerprint density at radius 1 is 1.50 bits per heavy atom. The molecule has 3 heteroatoms. The average Bonchev–Trinajstić information content (AvgIpc) is 2.11. The smallest absolute Gasteiger partial charge is 0.219 e. The standard InChI is InChI=1S/C11H23NO2/c1-5-10(13)12-8-11(4,14)7-6-9(2)3/h9,14H,5-8H2,1-4H3,(H,12,13). The molecule has 0 heterocycles. The van der Waals surface area contributed by atoms with Crippen molar-refractivity contribution < 1.29 is 9.90 Å². The lowest BCUT2D eigenvalue weighted by atomic mass is 9.95. The zero-order valence-electron chi connectivity index (χ0n) is 9.76. The lowest BCUT2D eigenvalue weighted by Gasteiger charge is -2.24. The van der Waals surface area contributed by atoms with Crippen molar-refractivity contribution in [1.82, 2.24) is 5.32 Å². The summed E-state index contributed by atoms with van der Waals surface area (Å²) in [7, 11) is 0. The summed E-state index contributed by atoms with van der Waals surface area (Å²) >= 11 is 0. The van der Waals surface area contributed by atoms with Crippen LogP contribution in [-0.2, 0) is 4.79 Å². The Morgan fingerprint density at radius 3 is 2.50 bits per heavy atom. The van der Waals surface area contributed by atoms with Gasteiger partial charge in [0.05, 0.1) is 5.60 Å². The Balaban J connectivity index is 3.77. The SMILES string of the molecule is CCC(=O)NCC(C)(O)CCC(C)C. The monoisotopic (exact) mass is 201 g/mol. The van der Waals surface area contributed by atoms with Crippen molar-refractivity contribution in [1.29, 1.82) is 0 Å². The topological polar surface area (TPSA) is 49.3 Å². The van der Waals surface area contributed by atoms with Gasteiger partial charge >= 0.3 is 0 Å². The van der Waals surface area contributed by atoms with Gasteiger partial charge in [-0.05, 0) is 25.7 Å². The number of carbonyl (C=O) groups excluding carboxylic acids is 1. The van der Waals surface area contributed by atoms with E-state index in [-0.39, 0.29) is 5.91 Å². The van der Waals surface area contributed by atoms with Crippen LogP contribution in [0, 0.1) is 5.92 Å². The largest absolute Gasteiger partial charge is 0.388 e. The third kappa shape index (κ3) is 6.89. The van der Waals surface area contributed by atoms with Gasteiger partial charge in [0.2, 0.25) is 5.91 Å². The first kappa shape index (κ1) is 13.4. The highest BCUT2D eigenvalue weighted by molar-refractivity contribution is 5.75. The highest BCUT2D eigenvalue weighted by atomic mass is 16.3.